The number of hydrogen-bond acceptors (Lipinski definition) is 4. The Bertz CT molecular complexity index is 1030. The fraction of sp³-hybridized carbons (Fsp3) is 0.167. The predicted molar refractivity (Wildman–Crippen MR) is 124 cm³/mol. The molecule has 30 heavy (non-hydrogen) atoms. The van der Waals surface area contributed by atoms with Crippen molar-refractivity contribution in [2.45, 2.75) is 5.37 Å². The molecule has 0 radical (unpaired) electrons. The zero-order valence-electron chi connectivity index (χ0n) is 16.9. The fourth-order valence-electron chi connectivity index (χ4n) is 3.39. The fourth-order valence-corrected chi connectivity index (χ4v) is 4.56. The molecule has 152 valence electrons. The van der Waals surface area contributed by atoms with Gasteiger partial charge in [0.05, 0.1) is 5.75 Å². The number of nitrogens with zero attached hydrogens (tertiary/aromatic N) is 2. The van der Waals surface area contributed by atoms with Crippen LogP contribution in [0.3, 0.4) is 0 Å². The van der Waals surface area contributed by atoms with E-state index in [1.54, 1.807) is 23.9 Å². The molecule has 1 saturated heterocycles. The van der Waals surface area contributed by atoms with Gasteiger partial charge in [0.2, 0.25) is 5.91 Å². The van der Waals surface area contributed by atoms with Gasteiger partial charge in [-0.05, 0) is 54.1 Å². The number of carbonyl (C=O) groups is 2. The summed E-state index contributed by atoms with van der Waals surface area (Å²) < 4.78 is 0. The summed E-state index contributed by atoms with van der Waals surface area (Å²) in [6.45, 7) is 0. The molecule has 5 nitrogen and oxygen atoms in total. The number of carbonyl (C=O) groups excluding carboxylic acids is 2. The number of rotatable bonds is 5. The minimum absolute atomic E-state index is 0.0819. The van der Waals surface area contributed by atoms with Crippen molar-refractivity contribution in [2.24, 2.45) is 0 Å². The van der Waals surface area contributed by atoms with Crippen molar-refractivity contribution in [1.29, 1.82) is 0 Å². The standard InChI is InChI=1S/C24H23N3O2S/c1-26(2)20-12-14-21(15-13-20)27-22(28)16-30-24(27)18-8-10-19(11-9-18)25-23(29)17-6-4-3-5-7-17/h3-15,24H,16H2,1-2H3,(H,25,29)/t24-/m0/s1. The van der Waals surface area contributed by atoms with Gasteiger partial charge in [-0.3, -0.25) is 14.5 Å². The molecule has 1 fully saturated rings. The van der Waals surface area contributed by atoms with Gasteiger partial charge in [0.15, 0.2) is 0 Å². The molecule has 1 atom stereocenters. The van der Waals surface area contributed by atoms with Gasteiger partial charge < -0.3 is 10.2 Å². The molecule has 3 aromatic carbocycles. The Morgan fingerprint density at radius 1 is 0.967 bits per heavy atom. The molecule has 1 aliphatic heterocycles. The van der Waals surface area contributed by atoms with Crippen LogP contribution in [0.1, 0.15) is 21.3 Å². The highest BCUT2D eigenvalue weighted by Crippen LogP contribution is 2.42. The SMILES string of the molecule is CN(C)c1ccc(N2C(=O)CS[C@H]2c2ccc(NC(=O)c3ccccc3)cc2)cc1. The number of amides is 2. The first kappa shape index (κ1) is 20.0. The molecule has 1 aliphatic rings. The summed E-state index contributed by atoms with van der Waals surface area (Å²) in [4.78, 5) is 28.8. The van der Waals surface area contributed by atoms with E-state index in [1.807, 2.05) is 90.6 Å². The number of hydrogen-bond donors (Lipinski definition) is 1. The van der Waals surface area contributed by atoms with E-state index in [1.165, 1.54) is 0 Å². The van der Waals surface area contributed by atoms with Crippen molar-refractivity contribution in [3.63, 3.8) is 0 Å². The van der Waals surface area contributed by atoms with Crippen molar-refractivity contribution < 1.29 is 9.59 Å². The summed E-state index contributed by atoms with van der Waals surface area (Å²) in [6.07, 6.45) is 0. The van der Waals surface area contributed by atoms with Crippen LogP contribution in [0, 0.1) is 0 Å². The molecule has 2 amide bonds. The van der Waals surface area contributed by atoms with Gasteiger partial charge in [-0.1, -0.05) is 30.3 Å². The van der Waals surface area contributed by atoms with E-state index < -0.39 is 0 Å². The van der Waals surface area contributed by atoms with Crippen LogP contribution in [-0.4, -0.2) is 31.7 Å². The smallest absolute Gasteiger partial charge is 0.255 e. The molecule has 3 aromatic rings. The van der Waals surface area contributed by atoms with Crippen molar-refractivity contribution in [2.75, 3.05) is 35.0 Å². The van der Waals surface area contributed by atoms with Crippen LogP contribution >= 0.6 is 11.8 Å². The van der Waals surface area contributed by atoms with Gasteiger partial charge in [0.1, 0.15) is 5.37 Å². The van der Waals surface area contributed by atoms with Gasteiger partial charge in [-0.15, -0.1) is 11.8 Å². The Kier molecular flexibility index (Phi) is 5.77. The molecule has 0 aromatic heterocycles. The molecule has 0 spiro atoms. The molecule has 1 N–H and O–H groups in total. The Balaban J connectivity index is 1.51. The Labute approximate surface area is 180 Å². The molecular formula is C24H23N3O2S. The van der Waals surface area contributed by atoms with E-state index in [9.17, 15) is 9.59 Å². The molecule has 0 bridgehead atoms. The van der Waals surface area contributed by atoms with Crippen LogP contribution in [0.25, 0.3) is 0 Å². The van der Waals surface area contributed by atoms with E-state index in [4.69, 9.17) is 0 Å². The van der Waals surface area contributed by atoms with E-state index in [0.717, 1.165) is 22.6 Å². The van der Waals surface area contributed by atoms with Crippen LogP contribution in [0.15, 0.2) is 78.9 Å². The predicted octanol–water partition coefficient (Wildman–Crippen LogP) is 4.78. The van der Waals surface area contributed by atoms with Crippen LogP contribution in [0.4, 0.5) is 17.1 Å². The summed E-state index contributed by atoms with van der Waals surface area (Å²) in [5.41, 5.74) is 4.35. The topological polar surface area (TPSA) is 52.6 Å². The normalized spacial score (nSPS) is 15.9. The third-order valence-electron chi connectivity index (χ3n) is 5.00. The van der Waals surface area contributed by atoms with Gasteiger partial charge >= 0.3 is 0 Å². The van der Waals surface area contributed by atoms with Gasteiger partial charge in [-0.2, -0.15) is 0 Å². The lowest BCUT2D eigenvalue weighted by atomic mass is 10.1. The summed E-state index contributed by atoms with van der Waals surface area (Å²) in [5.74, 6) is 0.410. The molecule has 0 aliphatic carbocycles. The molecule has 0 unspecified atom stereocenters. The van der Waals surface area contributed by atoms with E-state index in [2.05, 4.69) is 5.32 Å². The second kappa shape index (κ2) is 8.63. The first-order valence-corrected chi connectivity index (χ1v) is 10.8. The molecule has 6 heteroatoms. The van der Waals surface area contributed by atoms with Crippen LogP contribution in [-0.2, 0) is 4.79 Å². The molecule has 0 saturated carbocycles. The maximum Gasteiger partial charge on any atom is 0.255 e. The lowest BCUT2D eigenvalue weighted by molar-refractivity contribution is -0.115. The quantitative estimate of drug-likeness (QED) is 0.649. The van der Waals surface area contributed by atoms with E-state index in [-0.39, 0.29) is 17.2 Å². The second-order valence-electron chi connectivity index (χ2n) is 7.28. The lowest BCUT2D eigenvalue weighted by Crippen LogP contribution is -2.27. The second-order valence-corrected chi connectivity index (χ2v) is 8.35. The summed E-state index contributed by atoms with van der Waals surface area (Å²) >= 11 is 1.61. The highest BCUT2D eigenvalue weighted by atomic mass is 32.2. The Hall–Kier alpha value is -3.25. The molecule has 4 rings (SSSR count). The van der Waals surface area contributed by atoms with Crippen LogP contribution in [0.5, 0.6) is 0 Å². The van der Waals surface area contributed by atoms with Crippen molar-refractivity contribution in [1.82, 2.24) is 0 Å². The number of benzene rings is 3. The van der Waals surface area contributed by atoms with Gasteiger partial charge in [0, 0.05) is 36.7 Å². The highest BCUT2D eigenvalue weighted by Gasteiger charge is 2.34. The largest absolute Gasteiger partial charge is 0.378 e. The highest BCUT2D eigenvalue weighted by molar-refractivity contribution is 8.00. The Morgan fingerprint density at radius 3 is 2.27 bits per heavy atom. The zero-order valence-corrected chi connectivity index (χ0v) is 17.7. The number of nitrogens with one attached hydrogen (secondary N) is 1. The lowest BCUT2D eigenvalue weighted by Gasteiger charge is -2.25. The number of anilines is 3. The third kappa shape index (κ3) is 4.19. The summed E-state index contributed by atoms with van der Waals surface area (Å²) in [5, 5.41) is 2.83. The van der Waals surface area contributed by atoms with E-state index in [0.29, 0.717) is 11.3 Å². The van der Waals surface area contributed by atoms with Gasteiger partial charge in [-0.25, -0.2) is 0 Å². The Morgan fingerprint density at radius 2 is 1.63 bits per heavy atom. The van der Waals surface area contributed by atoms with Crippen molar-refractivity contribution in [3.05, 3.63) is 90.0 Å². The van der Waals surface area contributed by atoms with Crippen molar-refractivity contribution >= 4 is 40.6 Å². The molecule has 1 heterocycles. The first-order chi connectivity index (χ1) is 14.5. The average molecular weight is 418 g/mol. The van der Waals surface area contributed by atoms with Crippen LogP contribution in [0.2, 0.25) is 0 Å². The molecular weight excluding hydrogens is 394 g/mol. The number of thioether (sulfide) groups is 1. The average Bonchev–Trinajstić information content (AvgIpc) is 3.16. The zero-order chi connectivity index (χ0) is 21.1. The third-order valence-corrected chi connectivity index (χ3v) is 6.21. The maximum atomic E-state index is 12.6. The van der Waals surface area contributed by atoms with E-state index >= 15 is 0 Å². The maximum absolute atomic E-state index is 12.6. The first-order valence-electron chi connectivity index (χ1n) is 9.70. The monoisotopic (exact) mass is 417 g/mol. The van der Waals surface area contributed by atoms with Crippen LogP contribution < -0.4 is 15.1 Å². The van der Waals surface area contributed by atoms with Gasteiger partial charge in [0.25, 0.3) is 5.91 Å². The van der Waals surface area contributed by atoms with Crippen molar-refractivity contribution in [3.8, 4) is 0 Å². The summed E-state index contributed by atoms with van der Waals surface area (Å²) in [6, 6.07) is 24.8. The minimum atomic E-state index is -0.142. The summed E-state index contributed by atoms with van der Waals surface area (Å²) in [7, 11) is 3.99. The minimum Gasteiger partial charge on any atom is -0.378 e.